The van der Waals surface area contributed by atoms with E-state index in [1.165, 1.54) is 0 Å². The fourth-order valence-corrected chi connectivity index (χ4v) is 2.03. The van der Waals surface area contributed by atoms with Gasteiger partial charge in [-0.1, -0.05) is 38.8 Å². The minimum absolute atomic E-state index is 0.683. The molecule has 0 saturated heterocycles. The van der Waals surface area contributed by atoms with Crippen LogP contribution >= 0.6 is 27.5 Å². The number of hydrogen-bond acceptors (Lipinski definition) is 2. The largest absolute Gasteiger partial charge is 0.215 e. The van der Waals surface area contributed by atoms with E-state index in [2.05, 4.69) is 26.2 Å². The van der Waals surface area contributed by atoms with Crippen LogP contribution < -0.4 is 0 Å². The molecule has 0 amide bonds. The van der Waals surface area contributed by atoms with Crippen molar-refractivity contribution in [3.05, 3.63) is 40.7 Å². The molecule has 0 spiro atoms. The molecule has 2 rings (SSSR count). The van der Waals surface area contributed by atoms with Crippen molar-refractivity contribution >= 4 is 27.5 Å². The van der Waals surface area contributed by atoms with Crippen LogP contribution in [0.1, 0.15) is 11.3 Å². The SMILES string of the molecule is Cc1ccc(-n2nncc2CBr)c(Cl)c1. The fraction of sp³-hybridized carbons (Fsp3) is 0.200. The molecule has 3 nitrogen and oxygen atoms in total. The highest BCUT2D eigenvalue weighted by Crippen LogP contribution is 2.22. The first-order valence-electron chi connectivity index (χ1n) is 4.44. The summed E-state index contributed by atoms with van der Waals surface area (Å²) in [6, 6.07) is 5.86. The number of rotatable bonds is 2. The van der Waals surface area contributed by atoms with E-state index < -0.39 is 0 Å². The molecule has 0 atom stereocenters. The minimum Gasteiger partial charge on any atom is -0.215 e. The number of aromatic nitrogens is 3. The van der Waals surface area contributed by atoms with Gasteiger partial charge in [-0.05, 0) is 24.6 Å². The van der Waals surface area contributed by atoms with Crippen molar-refractivity contribution < 1.29 is 0 Å². The number of nitrogens with zero attached hydrogens (tertiary/aromatic N) is 3. The van der Waals surface area contributed by atoms with E-state index >= 15 is 0 Å². The number of halogens is 2. The van der Waals surface area contributed by atoms with Gasteiger partial charge in [0.1, 0.15) is 0 Å². The third-order valence-electron chi connectivity index (χ3n) is 2.09. The van der Waals surface area contributed by atoms with Crippen LogP contribution in [0.4, 0.5) is 0 Å². The van der Waals surface area contributed by atoms with Gasteiger partial charge in [0, 0.05) is 5.33 Å². The Bertz CT molecular complexity index is 481. The van der Waals surface area contributed by atoms with Gasteiger partial charge in [-0.2, -0.15) is 0 Å². The molecular weight excluding hydrogens is 277 g/mol. The maximum Gasteiger partial charge on any atom is 0.0853 e. The molecule has 0 unspecified atom stereocenters. The quantitative estimate of drug-likeness (QED) is 0.794. The number of benzene rings is 1. The van der Waals surface area contributed by atoms with Gasteiger partial charge in [-0.3, -0.25) is 0 Å². The topological polar surface area (TPSA) is 30.7 Å². The summed E-state index contributed by atoms with van der Waals surface area (Å²) in [4.78, 5) is 0. The lowest BCUT2D eigenvalue weighted by Crippen LogP contribution is -2.01. The molecule has 1 aromatic heterocycles. The second-order valence-electron chi connectivity index (χ2n) is 3.23. The van der Waals surface area contributed by atoms with Gasteiger partial charge < -0.3 is 0 Å². The highest BCUT2D eigenvalue weighted by atomic mass is 79.9. The predicted octanol–water partition coefficient (Wildman–Crippen LogP) is 3.12. The lowest BCUT2D eigenvalue weighted by Gasteiger charge is -2.06. The van der Waals surface area contributed by atoms with Crippen molar-refractivity contribution in [2.75, 3.05) is 0 Å². The normalized spacial score (nSPS) is 10.6. The second kappa shape index (κ2) is 4.33. The van der Waals surface area contributed by atoms with Crippen molar-refractivity contribution in [3.63, 3.8) is 0 Å². The summed E-state index contributed by atoms with van der Waals surface area (Å²) in [6.45, 7) is 2.00. The molecule has 0 radical (unpaired) electrons. The van der Waals surface area contributed by atoms with E-state index in [9.17, 15) is 0 Å². The molecule has 0 fully saturated rings. The molecule has 15 heavy (non-hydrogen) atoms. The summed E-state index contributed by atoms with van der Waals surface area (Å²) in [7, 11) is 0. The monoisotopic (exact) mass is 285 g/mol. The Balaban J connectivity index is 2.54. The van der Waals surface area contributed by atoms with Crippen LogP contribution in [0.25, 0.3) is 5.69 Å². The summed E-state index contributed by atoms with van der Waals surface area (Å²) in [5.74, 6) is 0. The van der Waals surface area contributed by atoms with Crippen molar-refractivity contribution in [1.29, 1.82) is 0 Å². The third-order valence-corrected chi connectivity index (χ3v) is 2.97. The fourth-order valence-electron chi connectivity index (χ4n) is 1.33. The summed E-state index contributed by atoms with van der Waals surface area (Å²) in [6.07, 6.45) is 1.71. The number of hydrogen-bond donors (Lipinski definition) is 0. The van der Waals surface area contributed by atoms with Gasteiger partial charge in [-0.15, -0.1) is 5.10 Å². The van der Waals surface area contributed by atoms with Crippen molar-refractivity contribution in [2.24, 2.45) is 0 Å². The number of aryl methyl sites for hydroxylation is 1. The zero-order valence-corrected chi connectivity index (χ0v) is 10.5. The molecule has 5 heteroatoms. The van der Waals surface area contributed by atoms with Crippen LogP contribution in [-0.4, -0.2) is 15.0 Å². The van der Waals surface area contributed by atoms with E-state index in [-0.39, 0.29) is 0 Å². The zero-order valence-electron chi connectivity index (χ0n) is 8.11. The van der Waals surface area contributed by atoms with Gasteiger partial charge in [-0.25, -0.2) is 4.68 Å². The maximum absolute atomic E-state index is 6.15. The van der Waals surface area contributed by atoms with Gasteiger partial charge >= 0.3 is 0 Å². The molecule has 0 bridgehead atoms. The maximum atomic E-state index is 6.15. The Hall–Kier alpha value is -0.870. The average molecular weight is 287 g/mol. The minimum atomic E-state index is 0.683. The molecule has 1 aromatic carbocycles. The van der Waals surface area contributed by atoms with Gasteiger partial charge in [0.05, 0.1) is 22.6 Å². The van der Waals surface area contributed by atoms with Crippen LogP contribution in [0.15, 0.2) is 24.4 Å². The standard InChI is InChI=1S/C10H9BrClN3/c1-7-2-3-10(9(12)4-7)15-8(5-11)6-13-14-15/h2-4,6H,5H2,1H3. The summed E-state index contributed by atoms with van der Waals surface area (Å²) in [5.41, 5.74) is 2.96. The first kappa shape index (κ1) is 10.6. The lowest BCUT2D eigenvalue weighted by atomic mass is 10.2. The highest BCUT2D eigenvalue weighted by Gasteiger charge is 2.08. The Morgan fingerprint density at radius 3 is 2.93 bits per heavy atom. The van der Waals surface area contributed by atoms with Crippen LogP contribution in [-0.2, 0) is 5.33 Å². The molecule has 0 saturated carbocycles. The van der Waals surface area contributed by atoms with E-state index in [0.717, 1.165) is 16.9 Å². The Morgan fingerprint density at radius 2 is 2.27 bits per heavy atom. The molecule has 2 aromatic rings. The first-order chi connectivity index (χ1) is 7.22. The lowest BCUT2D eigenvalue weighted by molar-refractivity contribution is 0.783. The molecule has 1 heterocycles. The molecule has 0 aliphatic rings. The summed E-state index contributed by atoms with van der Waals surface area (Å²) >= 11 is 9.53. The summed E-state index contributed by atoms with van der Waals surface area (Å²) < 4.78 is 1.73. The number of alkyl halides is 1. The van der Waals surface area contributed by atoms with Crippen LogP contribution in [0, 0.1) is 6.92 Å². The van der Waals surface area contributed by atoms with Gasteiger partial charge in [0.25, 0.3) is 0 Å². The van der Waals surface area contributed by atoms with Gasteiger partial charge in [0.2, 0.25) is 0 Å². The Kier molecular flexibility index (Phi) is 3.07. The van der Waals surface area contributed by atoms with Gasteiger partial charge in [0.15, 0.2) is 0 Å². The molecule has 78 valence electrons. The summed E-state index contributed by atoms with van der Waals surface area (Å²) in [5, 5.41) is 9.24. The molecule has 0 aliphatic heterocycles. The van der Waals surface area contributed by atoms with Crippen molar-refractivity contribution in [2.45, 2.75) is 12.3 Å². The van der Waals surface area contributed by atoms with E-state index in [1.54, 1.807) is 10.9 Å². The van der Waals surface area contributed by atoms with Crippen LogP contribution in [0.3, 0.4) is 0 Å². The molecule has 0 N–H and O–H groups in total. The molecular formula is C10H9BrClN3. The van der Waals surface area contributed by atoms with E-state index in [4.69, 9.17) is 11.6 Å². The average Bonchev–Trinajstić information content (AvgIpc) is 2.65. The predicted molar refractivity (Wildman–Crippen MR) is 63.7 cm³/mol. The Morgan fingerprint density at radius 1 is 1.47 bits per heavy atom. The van der Waals surface area contributed by atoms with Crippen molar-refractivity contribution in [1.82, 2.24) is 15.0 Å². The Labute approximate surface area is 101 Å². The van der Waals surface area contributed by atoms with E-state index in [0.29, 0.717) is 10.4 Å². The van der Waals surface area contributed by atoms with Crippen molar-refractivity contribution in [3.8, 4) is 5.69 Å². The first-order valence-corrected chi connectivity index (χ1v) is 5.94. The molecule has 0 aliphatic carbocycles. The van der Waals surface area contributed by atoms with Crippen LogP contribution in [0.2, 0.25) is 5.02 Å². The second-order valence-corrected chi connectivity index (χ2v) is 4.19. The van der Waals surface area contributed by atoms with E-state index in [1.807, 2.05) is 25.1 Å². The zero-order chi connectivity index (χ0) is 10.8. The highest BCUT2D eigenvalue weighted by molar-refractivity contribution is 9.08. The third kappa shape index (κ3) is 2.06. The van der Waals surface area contributed by atoms with Crippen LogP contribution in [0.5, 0.6) is 0 Å². The smallest absolute Gasteiger partial charge is 0.0853 e.